The Balaban J connectivity index is 1.66. The lowest BCUT2D eigenvalue weighted by atomic mass is 10.2. The number of carbonyl (C=O) groups is 2. The second kappa shape index (κ2) is 7.88. The first kappa shape index (κ1) is 18.4. The topological polar surface area (TPSA) is 71.1 Å². The summed E-state index contributed by atoms with van der Waals surface area (Å²) in [7, 11) is 0. The van der Waals surface area contributed by atoms with Gasteiger partial charge in [-0.1, -0.05) is 23.5 Å². The van der Waals surface area contributed by atoms with Gasteiger partial charge in [-0.25, -0.2) is 4.98 Å². The highest BCUT2D eigenvalue weighted by Gasteiger charge is 2.16. The Labute approximate surface area is 160 Å². The smallest absolute Gasteiger partial charge is 0.239 e. The van der Waals surface area contributed by atoms with Crippen LogP contribution in [-0.2, 0) is 9.59 Å². The molecule has 3 rings (SSSR count). The molecule has 0 aliphatic heterocycles. The zero-order valence-corrected chi connectivity index (χ0v) is 16.3. The van der Waals surface area contributed by atoms with E-state index in [0.717, 1.165) is 20.8 Å². The zero-order valence-electron chi connectivity index (χ0n) is 14.7. The van der Waals surface area contributed by atoms with Gasteiger partial charge < -0.3 is 10.6 Å². The van der Waals surface area contributed by atoms with Gasteiger partial charge in [0.25, 0.3) is 0 Å². The molecule has 7 heteroatoms. The summed E-state index contributed by atoms with van der Waals surface area (Å²) in [5.74, 6) is -0.222. The van der Waals surface area contributed by atoms with Crippen LogP contribution < -0.4 is 10.6 Å². The molecule has 0 aliphatic carbocycles. The highest BCUT2D eigenvalue weighted by molar-refractivity contribution is 8.00. The molecular weight excluding hydrogens is 366 g/mol. The van der Waals surface area contributed by atoms with Crippen LogP contribution in [0.1, 0.15) is 19.4 Å². The highest BCUT2D eigenvalue weighted by Crippen LogP contribution is 2.29. The third kappa shape index (κ3) is 4.62. The molecule has 0 aliphatic rings. The SMILES string of the molecule is CC(=O)Nc1cccc(SC(C)C(=O)Nc2nc3ccc(C)cc3s2)c1. The molecule has 0 fully saturated rings. The molecule has 0 saturated carbocycles. The maximum atomic E-state index is 12.5. The Kier molecular flexibility index (Phi) is 5.58. The van der Waals surface area contributed by atoms with E-state index in [1.165, 1.54) is 35.6 Å². The van der Waals surface area contributed by atoms with Crippen molar-refractivity contribution in [2.45, 2.75) is 30.9 Å². The van der Waals surface area contributed by atoms with Crippen LogP contribution >= 0.6 is 23.1 Å². The third-order valence-corrected chi connectivity index (χ3v) is 5.64. The van der Waals surface area contributed by atoms with Crippen LogP contribution in [0.5, 0.6) is 0 Å². The van der Waals surface area contributed by atoms with Crippen molar-refractivity contribution in [3.63, 3.8) is 0 Å². The molecule has 134 valence electrons. The minimum atomic E-state index is -0.295. The molecule has 1 aromatic heterocycles. The molecule has 2 N–H and O–H groups in total. The standard InChI is InChI=1S/C19H19N3O2S2/c1-11-7-8-16-17(9-11)26-19(21-16)22-18(24)12(2)25-15-6-4-5-14(10-15)20-13(3)23/h4-10,12H,1-3H3,(H,20,23)(H,21,22,24). The van der Waals surface area contributed by atoms with E-state index in [-0.39, 0.29) is 17.1 Å². The fourth-order valence-electron chi connectivity index (χ4n) is 2.40. The van der Waals surface area contributed by atoms with Gasteiger partial charge in [0.05, 0.1) is 15.5 Å². The van der Waals surface area contributed by atoms with Crippen LogP contribution in [0.4, 0.5) is 10.8 Å². The fraction of sp³-hybridized carbons (Fsp3) is 0.211. The molecule has 26 heavy (non-hydrogen) atoms. The van der Waals surface area contributed by atoms with E-state index < -0.39 is 0 Å². The summed E-state index contributed by atoms with van der Waals surface area (Å²) >= 11 is 2.91. The first-order valence-corrected chi connectivity index (χ1v) is 9.83. The summed E-state index contributed by atoms with van der Waals surface area (Å²) in [6, 6.07) is 13.5. The maximum Gasteiger partial charge on any atom is 0.239 e. The van der Waals surface area contributed by atoms with E-state index in [2.05, 4.69) is 21.7 Å². The van der Waals surface area contributed by atoms with Crippen LogP contribution in [0.15, 0.2) is 47.4 Å². The number of benzene rings is 2. The van der Waals surface area contributed by atoms with Crippen molar-refractivity contribution in [1.29, 1.82) is 0 Å². The molecule has 2 amide bonds. The van der Waals surface area contributed by atoms with Crippen molar-refractivity contribution in [1.82, 2.24) is 4.98 Å². The first-order valence-electron chi connectivity index (χ1n) is 8.13. The highest BCUT2D eigenvalue weighted by atomic mass is 32.2. The van der Waals surface area contributed by atoms with Gasteiger partial charge in [0.15, 0.2) is 5.13 Å². The lowest BCUT2D eigenvalue weighted by Gasteiger charge is -2.11. The summed E-state index contributed by atoms with van der Waals surface area (Å²) in [6.07, 6.45) is 0. The van der Waals surface area contributed by atoms with Crippen LogP contribution in [0.3, 0.4) is 0 Å². The van der Waals surface area contributed by atoms with Gasteiger partial charge in [-0.3, -0.25) is 9.59 Å². The van der Waals surface area contributed by atoms with Crippen LogP contribution in [0, 0.1) is 6.92 Å². The predicted molar refractivity (Wildman–Crippen MR) is 109 cm³/mol. The minimum Gasteiger partial charge on any atom is -0.326 e. The monoisotopic (exact) mass is 385 g/mol. The Morgan fingerprint density at radius 2 is 1.96 bits per heavy atom. The van der Waals surface area contributed by atoms with Gasteiger partial charge in [-0.05, 0) is 49.7 Å². The number of thioether (sulfide) groups is 1. The number of anilines is 2. The number of amides is 2. The van der Waals surface area contributed by atoms with Gasteiger partial charge in [0.2, 0.25) is 11.8 Å². The van der Waals surface area contributed by atoms with E-state index in [0.29, 0.717) is 5.13 Å². The second-order valence-electron chi connectivity index (χ2n) is 5.95. The normalized spacial score (nSPS) is 12.0. The van der Waals surface area contributed by atoms with E-state index in [1.807, 2.05) is 50.2 Å². The van der Waals surface area contributed by atoms with Crippen molar-refractivity contribution >= 4 is 55.9 Å². The largest absolute Gasteiger partial charge is 0.326 e. The molecule has 1 heterocycles. The number of carbonyl (C=O) groups excluding carboxylic acids is 2. The molecular formula is C19H19N3O2S2. The van der Waals surface area contributed by atoms with Crippen molar-refractivity contribution < 1.29 is 9.59 Å². The van der Waals surface area contributed by atoms with Crippen molar-refractivity contribution in [2.24, 2.45) is 0 Å². The van der Waals surface area contributed by atoms with Gasteiger partial charge in [0.1, 0.15) is 0 Å². The number of hydrogen-bond acceptors (Lipinski definition) is 5. The molecule has 1 unspecified atom stereocenters. The minimum absolute atomic E-state index is 0.101. The predicted octanol–water partition coefficient (Wildman–Crippen LogP) is 4.68. The number of aromatic nitrogens is 1. The van der Waals surface area contributed by atoms with Crippen LogP contribution in [0.2, 0.25) is 0 Å². The van der Waals surface area contributed by atoms with E-state index in [9.17, 15) is 9.59 Å². The van der Waals surface area contributed by atoms with Crippen LogP contribution in [-0.4, -0.2) is 22.0 Å². The lowest BCUT2D eigenvalue weighted by molar-refractivity contribution is -0.115. The molecule has 3 aromatic rings. The Morgan fingerprint density at radius 1 is 1.15 bits per heavy atom. The molecule has 1 atom stereocenters. The summed E-state index contributed by atoms with van der Waals surface area (Å²) in [5.41, 5.74) is 2.78. The number of hydrogen-bond donors (Lipinski definition) is 2. The Bertz CT molecular complexity index is 968. The molecule has 5 nitrogen and oxygen atoms in total. The number of nitrogens with one attached hydrogen (secondary N) is 2. The molecule has 0 radical (unpaired) electrons. The maximum absolute atomic E-state index is 12.5. The van der Waals surface area contributed by atoms with Crippen molar-refractivity contribution in [3.05, 3.63) is 48.0 Å². The van der Waals surface area contributed by atoms with E-state index in [4.69, 9.17) is 0 Å². The van der Waals surface area contributed by atoms with E-state index >= 15 is 0 Å². The number of aryl methyl sites for hydroxylation is 1. The second-order valence-corrected chi connectivity index (χ2v) is 8.39. The summed E-state index contributed by atoms with van der Waals surface area (Å²) < 4.78 is 1.06. The third-order valence-electron chi connectivity index (χ3n) is 3.61. The average molecular weight is 386 g/mol. The van der Waals surface area contributed by atoms with Gasteiger partial charge in [0, 0.05) is 17.5 Å². The van der Waals surface area contributed by atoms with Crippen molar-refractivity contribution in [2.75, 3.05) is 10.6 Å². The van der Waals surface area contributed by atoms with Gasteiger partial charge in [-0.15, -0.1) is 11.8 Å². The number of rotatable bonds is 5. The van der Waals surface area contributed by atoms with Crippen molar-refractivity contribution in [3.8, 4) is 0 Å². The molecule has 0 bridgehead atoms. The summed E-state index contributed by atoms with van der Waals surface area (Å²) in [5, 5.41) is 5.95. The van der Waals surface area contributed by atoms with Gasteiger partial charge in [-0.2, -0.15) is 0 Å². The molecule has 2 aromatic carbocycles. The Morgan fingerprint density at radius 3 is 2.73 bits per heavy atom. The first-order chi connectivity index (χ1) is 12.4. The summed E-state index contributed by atoms with van der Waals surface area (Å²) in [4.78, 5) is 29.0. The lowest BCUT2D eigenvalue weighted by Crippen LogP contribution is -2.22. The Hall–Kier alpha value is -2.38. The fourth-order valence-corrected chi connectivity index (χ4v) is 4.29. The number of nitrogens with zero attached hydrogens (tertiary/aromatic N) is 1. The average Bonchev–Trinajstić information content (AvgIpc) is 2.95. The molecule has 0 spiro atoms. The number of fused-ring (bicyclic) bond motifs is 1. The van der Waals surface area contributed by atoms with Gasteiger partial charge >= 0.3 is 0 Å². The molecule has 0 saturated heterocycles. The number of thiazole rings is 1. The van der Waals surface area contributed by atoms with E-state index in [1.54, 1.807) is 0 Å². The quantitative estimate of drug-likeness (QED) is 0.626. The van der Waals surface area contributed by atoms with Crippen LogP contribution in [0.25, 0.3) is 10.2 Å². The summed E-state index contributed by atoms with van der Waals surface area (Å²) in [6.45, 7) is 5.35. The zero-order chi connectivity index (χ0) is 18.7.